The lowest BCUT2D eigenvalue weighted by Crippen LogP contribution is -2.46. The van der Waals surface area contributed by atoms with E-state index in [1.165, 1.54) is 17.0 Å². The summed E-state index contributed by atoms with van der Waals surface area (Å²) in [6.45, 7) is 2.61. The Labute approximate surface area is 158 Å². The highest BCUT2D eigenvalue weighted by molar-refractivity contribution is 5.85. The molecule has 6 nitrogen and oxygen atoms in total. The van der Waals surface area contributed by atoms with Gasteiger partial charge in [-0.2, -0.15) is 0 Å². The van der Waals surface area contributed by atoms with Crippen molar-refractivity contribution in [2.24, 2.45) is 11.8 Å². The number of aryl methyl sites for hydroxylation is 1. The van der Waals surface area contributed by atoms with Crippen LogP contribution in [0.1, 0.15) is 31.7 Å². The van der Waals surface area contributed by atoms with E-state index in [1.54, 1.807) is 24.9 Å². The van der Waals surface area contributed by atoms with Crippen LogP contribution in [0.5, 0.6) is 0 Å². The number of halogens is 1. The SMILES string of the molecule is CC(CCc1cccc(F)c1)C(=O)N(C)CC(=O)N1CCC(C(=O)O)CC1. The van der Waals surface area contributed by atoms with E-state index in [-0.39, 0.29) is 30.1 Å². The number of hydrogen-bond donors (Lipinski definition) is 1. The fourth-order valence-corrected chi connectivity index (χ4v) is 3.33. The number of carboxylic acids is 1. The van der Waals surface area contributed by atoms with Crippen molar-refractivity contribution in [2.75, 3.05) is 26.7 Å². The number of likely N-dealkylation sites (tertiary alicyclic amines) is 1. The molecule has 2 rings (SSSR count). The molecule has 1 heterocycles. The zero-order valence-electron chi connectivity index (χ0n) is 15.9. The average molecular weight is 378 g/mol. The Hall–Kier alpha value is -2.44. The fourth-order valence-electron chi connectivity index (χ4n) is 3.33. The third kappa shape index (κ3) is 6.05. The molecule has 0 aliphatic carbocycles. The van der Waals surface area contributed by atoms with Crippen LogP contribution in [0.15, 0.2) is 24.3 Å². The van der Waals surface area contributed by atoms with Crippen molar-refractivity contribution >= 4 is 17.8 Å². The number of carbonyl (C=O) groups excluding carboxylic acids is 2. The maximum atomic E-state index is 13.2. The van der Waals surface area contributed by atoms with Crippen LogP contribution >= 0.6 is 0 Å². The Kier molecular flexibility index (Phi) is 7.33. The summed E-state index contributed by atoms with van der Waals surface area (Å²) in [5, 5.41) is 9.01. The van der Waals surface area contributed by atoms with Crippen molar-refractivity contribution in [1.82, 2.24) is 9.80 Å². The molecule has 0 bridgehead atoms. The van der Waals surface area contributed by atoms with Gasteiger partial charge < -0.3 is 14.9 Å². The number of aliphatic carboxylic acids is 1. The maximum absolute atomic E-state index is 13.2. The lowest BCUT2D eigenvalue weighted by Gasteiger charge is -2.32. The van der Waals surface area contributed by atoms with E-state index in [0.29, 0.717) is 38.8 Å². The number of likely N-dealkylation sites (N-methyl/N-ethyl adjacent to an activating group) is 1. The monoisotopic (exact) mass is 378 g/mol. The molecule has 1 aromatic rings. The van der Waals surface area contributed by atoms with Crippen LogP contribution in [-0.2, 0) is 20.8 Å². The van der Waals surface area contributed by atoms with Crippen LogP contribution in [-0.4, -0.2) is 59.4 Å². The highest BCUT2D eigenvalue weighted by Gasteiger charge is 2.28. The molecule has 1 atom stereocenters. The summed E-state index contributed by atoms with van der Waals surface area (Å²) >= 11 is 0. The topological polar surface area (TPSA) is 77.9 Å². The Balaban J connectivity index is 1.78. The molecular formula is C20H27FN2O4. The molecule has 2 amide bonds. The second kappa shape index (κ2) is 9.48. The zero-order valence-corrected chi connectivity index (χ0v) is 15.9. The first-order chi connectivity index (χ1) is 12.8. The van der Waals surface area contributed by atoms with E-state index in [4.69, 9.17) is 5.11 Å². The van der Waals surface area contributed by atoms with Gasteiger partial charge in [-0.3, -0.25) is 14.4 Å². The van der Waals surface area contributed by atoms with Crippen LogP contribution in [0.4, 0.5) is 4.39 Å². The lowest BCUT2D eigenvalue weighted by atomic mass is 9.97. The van der Waals surface area contributed by atoms with E-state index in [2.05, 4.69) is 0 Å². The second-order valence-corrected chi connectivity index (χ2v) is 7.26. The van der Waals surface area contributed by atoms with Gasteiger partial charge in [0.1, 0.15) is 5.82 Å². The third-order valence-corrected chi connectivity index (χ3v) is 5.12. The summed E-state index contributed by atoms with van der Waals surface area (Å²) < 4.78 is 13.2. The second-order valence-electron chi connectivity index (χ2n) is 7.26. The molecule has 0 spiro atoms. The molecule has 1 saturated heterocycles. The number of nitrogens with zero attached hydrogens (tertiary/aromatic N) is 2. The lowest BCUT2D eigenvalue weighted by molar-refractivity contribution is -0.146. The molecule has 1 aromatic carbocycles. The molecule has 27 heavy (non-hydrogen) atoms. The predicted octanol–water partition coefficient (Wildman–Crippen LogP) is 2.18. The van der Waals surface area contributed by atoms with Gasteiger partial charge in [0.15, 0.2) is 0 Å². The number of piperidine rings is 1. The van der Waals surface area contributed by atoms with Crippen LogP contribution in [0.3, 0.4) is 0 Å². The van der Waals surface area contributed by atoms with Crippen LogP contribution in [0.25, 0.3) is 0 Å². The average Bonchev–Trinajstić information content (AvgIpc) is 2.65. The Morgan fingerprint density at radius 1 is 1.30 bits per heavy atom. The third-order valence-electron chi connectivity index (χ3n) is 5.12. The molecular weight excluding hydrogens is 351 g/mol. The molecule has 1 N–H and O–H groups in total. The molecule has 0 radical (unpaired) electrons. The first-order valence-electron chi connectivity index (χ1n) is 9.28. The highest BCUT2D eigenvalue weighted by Crippen LogP contribution is 2.18. The first-order valence-corrected chi connectivity index (χ1v) is 9.28. The number of benzene rings is 1. The highest BCUT2D eigenvalue weighted by atomic mass is 19.1. The minimum atomic E-state index is -0.818. The molecule has 0 saturated carbocycles. The number of hydrogen-bond acceptors (Lipinski definition) is 3. The largest absolute Gasteiger partial charge is 0.481 e. The van der Waals surface area contributed by atoms with E-state index in [9.17, 15) is 18.8 Å². The van der Waals surface area contributed by atoms with Crippen molar-refractivity contribution in [3.63, 3.8) is 0 Å². The van der Waals surface area contributed by atoms with Gasteiger partial charge in [0.25, 0.3) is 0 Å². The van der Waals surface area contributed by atoms with Crippen LogP contribution in [0.2, 0.25) is 0 Å². The van der Waals surface area contributed by atoms with E-state index in [0.717, 1.165) is 5.56 Å². The van der Waals surface area contributed by atoms with Crippen LogP contribution < -0.4 is 0 Å². The molecule has 7 heteroatoms. The molecule has 1 aliphatic rings. The normalized spacial score (nSPS) is 16.0. The smallest absolute Gasteiger partial charge is 0.306 e. The number of rotatable bonds is 7. The van der Waals surface area contributed by atoms with Gasteiger partial charge >= 0.3 is 5.97 Å². The van der Waals surface area contributed by atoms with Crippen molar-refractivity contribution in [3.05, 3.63) is 35.6 Å². The summed E-state index contributed by atoms with van der Waals surface area (Å²) in [6.07, 6.45) is 2.06. The summed E-state index contributed by atoms with van der Waals surface area (Å²) in [4.78, 5) is 38.9. The summed E-state index contributed by atoms with van der Waals surface area (Å²) in [7, 11) is 1.60. The Morgan fingerprint density at radius 2 is 1.96 bits per heavy atom. The van der Waals surface area contributed by atoms with Gasteiger partial charge in [-0.15, -0.1) is 0 Å². The zero-order chi connectivity index (χ0) is 20.0. The van der Waals surface area contributed by atoms with Gasteiger partial charge in [-0.05, 0) is 43.4 Å². The van der Waals surface area contributed by atoms with Crippen molar-refractivity contribution in [1.29, 1.82) is 0 Å². The van der Waals surface area contributed by atoms with Crippen LogP contribution in [0, 0.1) is 17.7 Å². The van der Waals surface area contributed by atoms with E-state index in [1.807, 2.05) is 6.07 Å². The Morgan fingerprint density at radius 3 is 2.56 bits per heavy atom. The molecule has 0 aromatic heterocycles. The van der Waals surface area contributed by atoms with Crippen molar-refractivity contribution in [3.8, 4) is 0 Å². The summed E-state index contributed by atoms with van der Waals surface area (Å²) in [5.41, 5.74) is 0.842. The first kappa shape index (κ1) is 20.9. The van der Waals surface area contributed by atoms with E-state index >= 15 is 0 Å². The Bertz CT molecular complexity index is 686. The van der Waals surface area contributed by atoms with E-state index < -0.39 is 11.9 Å². The van der Waals surface area contributed by atoms with Gasteiger partial charge in [-0.1, -0.05) is 19.1 Å². The number of carbonyl (C=O) groups is 3. The van der Waals surface area contributed by atoms with Crippen molar-refractivity contribution < 1.29 is 23.9 Å². The maximum Gasteiger partial charge on any atom is 0.306 e. The van der Waals surface area contributed by atoms with Crippen molar-refractivity contribution in [2.45, 2.75) is 32.6 Å². The summed E-state index contributed by atoms with van der Waals surface area (Å²) in [5.74, 6) is -2.06. The van der Waals surface area contributed by atoms with Gasteiger partial charge in [-0.25, -0.2) is 4.39 Å². The molecule has 1 aliphatic heterocycles. The van der Waals surface area contributed by atoms with Gasteiger partial charge in [0.2, 0.25) is 11.8 Å². The quantitative estimate of drug-likeness (QED) is 0.789. The predicted molar refractivity (Wildman–Crippen MR) is 98.5 cm³/mol. The minimum Gasteiger partial charge on any atom is -0.481 e. The number of amides is 2. The standard InChI is InChI=1S/C20H27FN2O4/c1-14(6-7-15-4-3-5-17(21)12-15)19(25)22(2)13-18(24)23-10-8-16(9-11-23)20(26)27/h3-5,12,14,16H,6-11,13H2,1-2H3,(H,26,27). The minimum absolute atomic E-state index is 0.0130. The molecule has 1 fully saturated rings. The summed E-state index contributed by atoms with van der Waals surface area (Å²) in [6, 6.07) is 6.33. The molecule has 148 valence electrons. The number of carboxylic acid groups (broad SMARTS) is 1. The molecule has 1 unspecified atom stereocenters. The van der Waals surface area contributed by atoms with Gasteiger partial charge in [0, 0.05) is 26.1 Å². The van der Waals surface area contributed by atoms with Gasteiger partial charge in [0.05, 0.1) is 12.5 Å². The fraction of sp³-hybridized carbons (Fsp3) is 0.550.